The van der Waals surface area contributed by atoms with E-state index >= 15 is 0 Å². The minimum Gasteiger partial charge on any atom is -0.351 e. The van der Waals surface area contributed by atoms with Crippen LogP contribution in [-0.4, -0.2) is 29.1 Å². The van der Waals surface area contributed by atoms with Crippen molar-refractivity contribution in [2.75, 3.05) is 13.1 Å². The highest BCUT2D eigenvalue weighted by Gasteiger charge is 2.26. The molecular weight excluding hydrogens is 348 g/mol. The van der Waals surface area contributed by atoms with Gasteiger partial charge in [-0.1, -0.05) is 40.9 Å². The molecule has 2 aliphatic heterocycles. The van der Waals surface area contributed by atoms with Gasteiger partial charge in [-0.3, -0.25) is 4.79 Å². The highest BCUT2D eigenvalue weighted by Crippen LogP contribution is 2.31. The Balaban J connectivity index is 1.73. The molecule has 1 fully saturated rings. The Morgan fingerprint density at radius 3 is 2.43 bits per heavy atom. The highest BCUT2D eigenvalue weighted by atomic mass is 79.9. The van der Waals surface area contributed by atoms with Crippen molar-refractivity contribution in [3.05, 3.63) is 39.2 Å². The summed E-state index contributed by atoms with van der Waals surface area (Å²) in [5, 5.41) is 0.880. The lowest BCUT2D eigenvalue weighted by Crippen LogP contribution is -2.28. The Morgan fingerprint density at radius 2 is 1.76 bits per heavy atom. The van der Waals surface area contributed by atoms with Crippen LogP contribution in [0, 0.1) is 0 Å². The van der Waals surface area contributed by atoms with Gasteiger partial charge in [-0.2, -0.15) is 4.99 Å². The highest BCUT2D eigenvalue weighted by molar-refractivity contribution is 9.10. The number of nitrogens with zero attached hydrogens (tertiary/aromatic N) is 2. The van der Waals surface area contributed by atoms with E-state index in [0.29, 0.717) is 0 Å². The van der Waals surface area contributed by atoms with E-state index in [1.54, 1.807) is 0 Å². The summed E-state index contributed by atoms with van der Waals surface area (Å²) < 4.78 is 1.04. The molecule has 3 nitrogen and oxygen atoms in total. The summed E-state index contributed by atoms with van der Waals surface area (Å²) in [5.74, 6) is -0.109. The molecule has 0 aliphatic carbocycles. The minimum absolute atomic E-state index is 0.109. The number of benzene rings is 1. The van der Waals surface area contributed by atoms with Crippen LogP contribution in [-0.2, 0) is 4.79 Å². The average molecular weight is 365 g/mol. The fourth-order valence-corrected chi connectivity index (χ4v) is 3.73. The third-order valence-electron chi connectivity index (χ3n) is 3.65. The Bertz CT molecular complexity index is 587. The number of hydrogen-bond acceptors (Lipinski definition) is 3. The fraction of sp³-hybridized carbons (Fsp3) is 0.375. The van der Waals surface area contributed by atoms with Gasteiger partial charge >= 0.3 is 0 Å². The van der Waals surface area contributed by atoms with E-state index in [1.807, 2.05) is 30.3 Å². The lowest BCUT2D eigenvalue weighted by molar-refractivity contribution is -0.113. The maximum absolute atomic E-state index is 12.1. The summed E-state index contributed by atoms with van der Waals surface area (Å²) in [5.41, 5.74) is 1.03. The van der Waals surface area contributed by atoms with Crippen molar-refractivity contribution in [3.63, 3.8) is 0 Å². The maximum atomic E-state index is 12.1. The fourth-order valence-electron chi connectivity index (χ4n) is 2.51. The topological polar surface area (TPSA) is 32.7 Å². The van der Waals surface area contributed by atoms with Crippen molar-refractivity contribution < 1.29 is 4.79 Å². The van der Waals surface area contributed by atoms with Gasteiger partial charge in [0, 0.05) is 17.6 Å². The number of rotatable bonds is 1. The number of thioether (sulfide) groups is 1. The van der Waals surface area contributed by atoms with E-state index in [-0.39, 0.29) is 5.91 Å². The van der Waals surface area contributed by atoms with Gasteiger partial charge in [-0.05, 0) is 48.4 Å². The summed E-state index contributed by atoms with van der Waals surface area (Å²) in [7, 11) is 0. The Kier molecular flexibility index (Phi) is 4.80. The molecule has 0 aromatic heterocycles. The van der Waals surface area contributed by atoms with Crippen LogP contribution in [0.2, 0.25) is 0 Å². The normalized spacial score (nSPS) is 21.6. The van der Waals surface area contributed by atoms with E-state index in [0.717, 1.165) is 33.2 Å². The maximum Gasteiger partial charge on any atom is 0.286 e. The molecule has 0 spiro atoms. The number of halogens is 1. The second-order valence-corrected chi connectivity index (χ2v) is 7.19. The molecule has 0 radical (unpaired) electrons. The molecule has 2 aliphatic rings. The molecule has 2 heterocycles. The SMILES string of the molecule is O=C1N=C(N2CCCCCC2)S/C1=C\c1ccc(Br)cc1. The zero-order valence-corrected chi connectivity index (χ0v) is 14.1. The largest absolute Gasteiger partial charge is 0.351 e. The molecule has 3 rings (SSSR count). The molecule has 0 N–H and O–H groups in total. The predicted octanol–water partition coefficient (Wildman–Crippen LogP) is 4.30. The predicted molar refractivity (Wildman–Crippen MR) is 92.2 cm³/mol. The summed E-state index contributed by atoms with van der Waals surface area (Å²) in [6, 6.07) is 7.95. The first-order chi connectivity index (χ1) is 10.2. The Labute approximate surface area is 137 Å². The monoisotopic (exact) mass is 364 g/mol. The molecule has 0 saturated carbocycles. The number of carbonyl (C=O) groups excluding carboxylic acids is 1. The van der Waals surface area contributed by atoms with Crippen LogP contribution >= 0.6 is 27.7 Å². The van der Waals surface area contributed by atoms with E-state index < -0.39 is 0 Å². The molecular formula is C16H17BrN2OS. The third kappa shape index (κ3) is 3.77. The van der Waals surface area contributed by atoms with Crippen LogP contribution in [0.15, 0.2) is 38.6 Å². The van der Waals surface area contributed by atoms with Crippen LogP contribution in [0.3, 0.4) is 0 Å². The second kappa shape index (κ2) is 6.79. The zero-order valence-electron chi connectivity index (χ0n) is 11.7. The van der Waals surface area contributed by atoms with Gasteiger partial charge in [0.2, 0.25) is 0 Å². The number of aliphatic imine (C=N–C) groups is 1. The Morgan fingerprint density at radius 1 is 1.10 bits per heavy atom. The summed E-state index contributed by atoms with van der Waals surface area (Å²) in [6.45, 7) is 2.04. The molecule has 1 aromatic rings. The van der Waals surface area contributed by atoms with Crippen LogP contribution in [0.1, 0.15) is 31.2 Å². The van der Waals surface area contributed by atoms with E-state index in [4.69, 9.17) is 0 Å². The van der Waals surface area contributed by atoms with Crippen molar-refractivity contribution in [1.82, 2.24) is 4.90 Å². The Hall–Kier alpha value is -1.07. The third-order valence-corrected chi connectivity index (χ3v) is 5.23. The van der Waals surface area contributed by atoms with Gasteiger partial charge in [-0.15, -0.1) is 0 Å². The van der Waals surface area contributed by atoms with Crippen molar-refractivity contribution in [2.45, 2.75) is 25.7 Å². The number of carbonyl (C=O) groups is 1. The number of amides is 1. The van der Waals surface area contributed by atoms with Gasteiger partial charge in [0.05, 0.1) is 4.91 Å². The lowest BCUT2D eigenvalue weighted by Gasteiger charge is -2.20. The smallest absolute Gasteiger partial charge is 0.286 e. The summed E-state index contributed by atoms with van der Waals surface area (Å²) in [6.07, 6.45) is 6.88. The first-order valence-corrected chi connectivity index (χ1v) is 8.86. The van der Waals surface area contributed by atoms with Crippen LogP contribution in [0.4, 0.5) is 0 Å². The zero-order chi connectivity index (χ0) is 14.7. The minimum atomic E-state index is -0.109. The van der Waals surface area contributed by atoms with Crippen LogP contribution in [0.25, 0.3) is 6.08 Å². The van der Waals surface area contributed by atoms with Crippen molar-refractivity contribution in [2.24, 2.45) is 4.99 Å². The van der Waals surface area contributed by atoms with Crippen LogP contribution in [0.5, 0.6) is 0 Å². The molecule has 1 aromatic carbocycles. The van der Waals surface area contributed by atoms with E-state index in [1.165, 1.54) is 37.4 Å². The van der Waals surface area contributed by atoms with Crippen molar-refractivity contribution in [3.8, 4) is 0 Å². The molecule has 0 atom stereocenters. The first-order valence-electron chi connectivity index (χ1n) is 7.25. The van der Waals surface area contributed by atoms with Gasteiger partial charge in [0.25, 0.3) is 5.91 Å². The summed E-state index contributed by atoms with van der Waals surface area (Å²) >= 11 is 4.93. The number of likely N-dealkylation sites (tertiary alicyclic amines) is 1. The standard InChI is InChI=1S/C16H17BrN2OS/c17-13-7-5-12(6-8-13)11-14-15(20)18-16(21-14)19-9-3-1-2-4-10-19/h5-8,11H,1-4,9-10H2/b14-11-. The first kappa shape index (κ1) is 14.9. The molecule has 110 valence electrons. The van der Waals surface area contributed by atoms with E-state index in [2.05, 4.69) is 25.8 Å². The van der Waals surface area contributed by atoms with Crippen molar-refractivity contribution >= 4 is 44.8 Å². The number of amidine groups is 1. The van der Waals surface area contributed by atoms with Gasteiger partial charge in [0.15, 0.2) is 5.17 Å². The van der Waals surface area contributed by atoms with Gasteiger partial charge in [-0.25, -0.2) is 0 Å². The molecule has 0 unspecified atom stereocenters. The summed E-state index contributed by atoms with van der Waals surface area (Å²) in [4.78, 5) is 19.3. The lowest BCUT2D eigenvalue weighted by atomic mass is 10.2. The quantitative estimate of drug-likeness (QED) is 0.696. The van der Waals surface area contributed by atoms with Gasteiger partial charge in [0.1, 0.15) is 0 Å². The van der Waals surface area contributed by atoms with Crippen LogP contribution < -0.4 is 0 Å². The van der Waals surface area contributed by atoms with Gasteiger partial charge < -0.3 is 4.90 Å². The molecule has 21 heavy (non-hydrogen) atoms. The molecule has 1 amide bonds. The molecule has 5 heteroatoms. The molecule has 0 bridgehead atoms. The van der Waals surface area contributed by atoms with E-state index in [9.17, 15) is 4.79 Å². The second-order valence-electron chi connectivity index (χ2n) is 5.26. The number of hydrogen-bond donors (Lipinski definition) is 0. The molecule has 1 saturated heterocycles. The average Bonchev–Trinajstić information content (AvgIpc) is 2.69. The van der Waals surface area contributed by atoms with Crippen molar-refractivity contribution in [1.29, 1.82) is 0 Å².